The van der Waals surface area contributed by atoms with Crippen molar-refractivity contribution >= 4 is 21.4 Å². The van der Waals surface area contributed by atoms with Gasteiger partial charge in [-0.05, 0) is 88.1 Å². The maximum absolute atomic E-state index is 13.5. The van der Waals surface area contributed by atoms with Crippen LogP contribution < -0.4 is 9.21 Å². The second-order valence-electron chi connectivity index (χ2n) is 8.68. The van der Waals surface area contributed by atoms with Crippen LogP contribution in [0.2, 0.25) is 0 Å². The second kappa shape index (κ2) is 11.7. The minimum Gasteiger partial charge on any atom is -0.372 e. The Balaban J connectivity index is 1.74. The van der Waals surface area contributed by atoms with Crippen molar-refractivity contribution in [1.82, 2.24) is 4.90 Å². The van der Waals surface area contributed by atoms with E-state index in [0.29, 0.717) is 17.4 Å². The van der Waals surface area contributed by atoms with Gasteiger partial charge in [0.25, 0.3) is 10.0 Å². The number of hydrogen-bond donors (Lipinski definition) is 0. The van der Waals surface area contributed by atoms with E-state index in [1.165, 1.54) is 25.9 Å². The largest absolute Gasteiger partial charge is 0.372 e. The predicted octanol–water partition coefficient (Wildman–Crippen LogP) is 5.24. The fourth-order valence-corrected chi connectivity index (χ4v) is 5.96. The second-order valence-corrected chi connectivity index (χ2v) is 10.5. The number of sulfonamides is 1. The Hall–Kier alpha value is -2.05. The lowest BCUT2D eigenvalue weighted by atomic mass is 9.96. The van der Waals surface area contributed by atoms with E-state index in [1.807, 2.05) is 42.5 Å². The van der Waals surface area contributed by atoms with E-state index in [0.717, 1.165) is 43.9 Å². The Morgan fingerprint density at radius 3 is 2.12 bits per heavy atom. The van der Waals surface area contributed by atoms with Gasteiger partial charge in [-0.3, -0.25) is 4.31 Å². The SMILES string of the molecule is CCCCN(c1ccccc1)S(=O)(=O)c1ccc(N(CC)CC2CCN(CC)CC2)cc1. The smallest absolute Gasteiger partial charge is 0.264 e. The lowest BCUT2D eigenvalue weighted by molar-refractivity contribution is 0.194. The molecule has 1 aliphatic heterocycles. The van der Waals surface area contributed by atoms with Crippen molar-refractivity contribution in [1.29, 1.82) is 0 Å². The first kappa shape index (κ1) is 24.6. The number of anilines is 2. The van der Waals surface area contributed by atoms with Gasteiger partial charge in [0, 0.05) is 25.3 Å². The van der Waals surface area contributed by atoms with Crippen molar-refractivity contribution in [2.24, 2.45) is 5.92 Å². The van der Waals surface area contributed by atoms with Gasteiger partial charge in [0.2, 0.25) is 0 Å². The molecule has 5 nitrogen and oxygen atoms in total. The van der Waals surface area contributed by atoms with Gasteiger partial charge >= 0.3 is 0 Å². The van der Waals surface area contributed by atoms with Crippen LogP contribution in [-0.4, -0.2) is 52.6 Å². The van der Waals surface area contributed by atoms with Gasteiger partial charge in [-0.2, -0.15) is 0 Å². The summed E-state index contributed by atoms with van der Waals surface area (Å²) in [7, 11) is -3.60. The molecule has 0 bridgehead atoms. The Morgan fingerprint density at radius 2 is 1.56 bits per heavy atom. The standard InChI is InChI=1S/C26H39N3O2S/c1-4-7-19-29(25-11-9-8-10-12-25)32(30,31)26-15-13-24(14-16-26)28(6-3)22-23-17-20-27(5-2)21-18-23/h8-16,23H,4-7,17-22H2,1-3H3. The van der Waals surface area contributed by atoms with Crippen LogP contribution >= 0.6 is 0 Å². The number of likely N-dealkylation sites (tertiary alicyclic amines) is 1. The third-order valence-corrected chi connectivity index (χ3v) is 8.41. The molecule has 1 aliphatic rings. The quantitative estimate of drug-likeness (QED) is 0.463. The summed E-state index contributed by atoms with van der Waals surface area (Å²) in [5.41, 5.74) is 1.82. The molecule has 0 atom stereocenters. The molecule has 176 valence electrons. The van der Waals surface area contributed by atoms with E-state index in [-0.39, 0.29) is 0 Å². The first-order valence-electron chi connectivity index (χ1n) is 12.1. The highest BCUT2D eigenvalue weighted by molar-refractivity contribution is 7.92. The van der Waals surface area contributed by atoms with E-state index in [1.54, 1.807) is 16.4 Å². The number of rotatable bonds is 11. The molecule has 0 radical (unpaired) electrons. The van der Waals surface area contributed by atoms with Gasteiger partial charge < -0.3 is 9.80 Å². The number of benzene rings is 2. The minimum absolute atomic E-state index is 0.355. The molecule has 2 aromatic rings. The van der Waals surface area contributed by atoms with E-state index in [4.69, 9.17) is 0 Å². The molecule has 3 rings (SSSR count). The summed E-state index contributed by atoms with van der Waals surface area (Å²) >= 11 is 0. The van der Waals surface area contributed by atoms with E-state index >= 15 is 0 Å². The molecule has 32 heavy (non-hydrogen) atoms. The summed E-state index contributed by atoms with van der Waals surface area (Å²) in [6, 6.07) is 16.9. The van der Waals surface area contributed by atoms with Crippen LogP contribution in [0.15, 0.2) is 59.5 Å². The number of piperidine rings is 1. The van der Waals surface area contributed by atoms with Crippen LogP contribution in [0.4, 0.5) is 11.4 Å². The lowest BCUT2D eigenvalue weighted by Gasteiger charge is -2.35. The molecule has 0 amide bonds. The van der Waals surface area contributed by atoms with Crippen LogP contribution in [0, 0.1) is 5.92 Å². The van der Waals surface area contributed by atoms with Gasteiger partial charge in [0.05, 0.1) is 10.6 Å². The monoisotopic (exact) mass is 457 g/mol. The van der Waals surface area contributed by atoms with E-state index in [9.17, 15) is 8.42 Å². The van der Waals surface area contributed by atoms with Crippen LogP contribution in [0.3, 0.4) is 0 Å². The summed E-state index contributed by atoms with van der Waals surface area (Å²) in [5, 5.41) is 0. The van der Waals surface area contributed by atoms with Gasteiger partial charge in [-0.1, -0.05) is 38.5 Å². The summed E-state index contributed by atoms with van der Waals surface area (Å²) in [4.78, 5) is 5.26. The first-order chi connectivity index (χ1) is 15.5. The first-order valence-corrected chi connectivity index (χ1v) is 13.6. The number of unbranched alkanes of at least 4 members (excludes halogenated alkanes) is 1. The van der Waals surface area contributed by atoms with Gasteiger partial charge in [0.1, 0.15) is 0 Å². The van der Waals surface area contributed by atoms with Gasteiger partial charge in [0.15, 0.2) is 0 Å². The molecular weight excluding hydrogens is 418 g/mol. The summed E-state index contributed by atoms with van der Waals surface area (Å²) in [6.45, 7) is 12.4. The molecule has 0 N–H and O–H groups in total. The maximum Gasteiger partial charge on any atom is 0.264 e. The van der Waals surface area contributed by atoms with Crippen molar-refractivity contribution in [2.45, 2.75) is 51.3 Å². The molecule has 2 aromatic carbocycles. The van der Waals surface area contributed by atoms with E-state index in [2.05, 4.69) is 30.6 Å². The summed E-state index contributed by atoms with van der Waals surface area (Å²) in [5.74, 6) is 0.698. The van der Waals surface area contributed by atoms with Crippen molar-refractivity contribution in [3.63, 3.8) is 0 Å². The summed E-state index contributed by atoms with van der Waals surface area (Å²) < 4.78 is 28.5. The normalized spacial score (nSPS) is 15.6. The lowest BCUT2D eigenvalue weighted by Crippen LogP contribution is -2.38. The highest BCUT2D eigenvalue weighted by atomic mass is 32.2. The zero-order chi connectivity index (χ0) is 23.0. The number of nitrogens with zero attached hydrogens (tertiary/aromatic N) is 3. The average molecular weight is 458 g/mol. The Morgan fingerprint density at radius 1 is 0.906 bits per heavy atom. The van der Waals surface area contributed by atoms with Crippen molar-refractivity contribution in [3.8, 4) is 0 Å². The van der Waals surface area contributed by atoms with Crippen LogP contribution in [0.5, 0.6) is 0 Å². The highest BCUT2D eigenvalue weighted by Crippen LogP contribution is 2.27. The fraction of sp³-hybridized carbons (Fsp3) is 0.538. The Labute approximate surface area is 195 Å². The third kappa shape index (κ3) is 6.04. The van der Waals surface area contributed by atoms with E-state index < -0.39 is 10.0 Å². The summed E-state index contributed by atoms with van der Waals surface area (Å²) in [6.07, 6.45) is 4.24. The van der Waals surface area contributed by atoms with Crippen LogP contribution in [-0.2, 0) is 10.0 Å². The molecule has 6 heteroatoms. The maximum atomic E-state index is 13.5. The van der Waals surface area contributed by atoms with Crippen molar-refractivity contribution in [3.05, 3.63) is 54.6 Å². The molecule has 0 spiro atoms. The molecule has 0 aromatic heterocycles. The fourth-order valence-electron chi connectivity index (χ4n) is 4.45. The molecule has 0 aliphatic carbocycles. The van der Waals surface area contributed by atoms with Crippen LogP contribution in [0.25, 0.3) is 0 Å². The third-order valence-electron chi connectivity index (χ3n) is 6.56. The molecule has 1 heterocycles. The molecule has 0 saturated carbocycles. The number of para-hydroxylation sites is 1. The van der Waals surface area contributed by atoms with Gasteiger partial charge in [-0.15, -0.1) is 0 Å². The topological polar surface area (TPSA) is 43.9 Å². The minimum atomic E-state index is -3.60. The van der Waals surface area contributed by atoms with Gasteiger partial charge in [-0.25, -0.2) is 8.42 Å². The van der Waals surface area contributed by atoms with Crippen molar-refractivity contribution in [2.75, 3.05) is 48.5 Å². The zero-order valence-corrected chi connectivity index (χ0v) is 20.7. The zero-order valence-electron chi connectivity index (χ0n) is 19.9. The predicted molar refractivity (Wildman–Crippen MR) is 135 cm³/mol. The van der Waals surface area contributed by atoms with Crippen LogP contribution in [0.1, 0.15) is 46.5 Å². The van der Waals surface area contributed by atoms with Crippen molar-refractivity contribution < 1.29 is 8.42 Å². The average Bonchev–Trinajstić information content (AvgIpc) is 2.84. The molecule has 0 unspecified atom stereocenters. The number of hydrogen-bond acceptors (Lipinski definition) is 4. The Bertz CT molecular complexity index is 908. The molecule has 1 saturated heterocycles. The molecule has 1 fully saturated rings. The highest BCUT2D eigenvalue weighted by Gasteiger charge is 2.25. The molecular formula is C26H39N3O2S. The Kier molecular flexibility index (Phi) is 9.00.